The van der Waals surface area contributed by atoms with Crippen LogP contribution in [0.2, 0.25) is 0 Å². The van der Waals surface area contributed by atoms with Crippen LogP contribution in [-0.2, 0) is 13.1 Å². The van der Waals surface area contributed by atoms with Crippen molar-refractivity contribution >= 4 is 5.96 Å². The lowest BCUT2D eigenvalue weighted by Gasteiger charge is -2.14. The molecule has 24 heavy (non-hydrogen) atoms. The smallest absolute Gasteiger partial charge is 0.200 e. The zero-order chi connectivity index (χ0) is 17.4. The van der Waals surface area contributed by atoms with Crippen LogP contribution in [0.5, 0.6) is 17.2 Å². The first-order chi connectivity index (χ1) is 11.7. The summed E-state index contributed by atoms with van der Waals surface area (Å²) in [7, 11) is 4.74. The van der Waals surface area contributed by atoms with Crippen LogP contribution in [0, 0.1) is 0 Å². The number of hydrogen-bond acceptors (Lipinski definition) is 4. The lowest BCUT2D eigenvalue weighted by atomic mass is 10.2. The summed E-state index contributed by atoms with van der Waals surface area (Å²) < 4.78 is 12.4. The van der Waals surface area contributed by atoms with Crippen molar-refractivity contribution in [3.05, 3.63) is 42.2 Å². The summed E-state index contributed by atoms with van der Waals surface area (Å²) in [5.41, 5.74) is 0.912. The fourth-order valence-corrected chi connectivity index (χ4v) is 2.28. The van der Waals surface area contributed by atoms with E-state index in [1.165, 1.54) is 14.2 Å². The molecule has 3 N–H and O–H groups in total. The molecule has 130 valence electrons. The number of aromatic nitrogens is 1. The third kappa shape index (κ3) is 4.58. The quantitative estimate of drug-likeness (QED) is 0.530. The van der Waals surface area contributed by atoms with Gasteiger partial charge in [-0.25, -0.2) is 0 Å². The Hall–Kier alpha value is -2.83. The second-order valence-corrected chi connectivity index (χ2v) is 5.12. The molecule has 0 amide bonds. The summed E-state index contributed by atoms with van der Waals surface area (Å²) in [6.07, 6.45) is 4.04. The van der Waals surface area contributed by atoms with E-state index in [9.17, 15) is 5.11 Å². The number of nitrogens with one attached hydrogen (secondary N) is 2. The van der Waals surface area contributed by atoms with Crippen LogP contribution in [0.1, 0.15) is 5.56 Å². The molecule has 0 aliphatic rings. The number of hydrogen-bond donors (Lipinski definition) is 3. The van der Waals surface area contributed by atoms with Crippen LogP contribution >= 0.6 is 0 Å². The van der Waals surface area contributed by atoms with Gasteiger partial charge in [-0.05, 0) is 29.8 Å². The van der Waals surface area contributed by atoms with E-state index in [0.717, 1.165) is 18.7 Å². The molecule has 7 nitrogen and oxygen atoms in total. The number of ether oxygens (including phenoxy) is 2. The molecule has 0 fully saturated rings. The Morgan fingerprint density at radius 1 is 1.12 bits per heavy atom. The molecule has 1 aromatic heterocycles. The predicted molar refractivity (Wildman–Crippen MR) is 93.8 cm³/mol. The minimum atomic E-state index is -0.00187. The average Bonchev–Trinajstić information content (AvgIpc) is 3.12. The molecule has 0 spiro atoms. The van der Waals surface area contributed by atoms with E-state index in [0.29, 0.717) is 24.0 Å². The monoisotopic (exact) mass is 332 g/mol. The van der Waals surface area contributed by atoms with Crippen molar-refractivity contribution < 1.29 is 14.6 Å². The number of aliphatic imine (C=N–C) groups is 1. The SMILES string of the molecule is CN=C(NCCn1cccc1)NCc1cc(OC)c(O)c(OC)c1. The Kier molecular flexibility index (Phi) is 6.36. The molecular formula is C17H24N4O3. The topological polar surface area (TPSA) is 80.0 Å². The number of methoxy groups -OCH3 is 2. The summed E-state index contributed by atoms with van der Waals surface area (Å²) in [5.74, 6) is 1.45. The molecule has 0 unspecified atom stereocenters. The first kappa shape index (κ1) is 17.5. The van der Waals surface area contributed by atoms with Gasteiger partial charge in [0.05, 0.1) is 14.2 Å². The van der Waals surface area contributed by atoms with Crippen molar-refractivity contribution in [3.63, 3.8) is 0 Å². The minimum absolute atomic E-state index is 0.00187. The summed E-state index contributed by atoms with van der Waals surface area (Å²) in [5, 5.41) is 16.4. The highest BCUT2D eigenvalue weighted by molar-refractivity contribution is 5.79. The van der Waals surface area contributed by atoms with Gasteiger partial charge in [0.2, 0.25) is 5.75 Å². The largest absolute Gasteiger partial charge is 0.502 e. The molecule has 7 heteroatoms. The maximum absolute atomic E-state index is 9.93. The second kappa shape index (κ2) is 8.71. The van der Waals surface area contributed by atoms with Crippen LogP contribution in [-0.4, -0.2) is 43.4 Å². The lowest BCUT2D eigenvalue weighted by molar-refractivity contribution is 0.339. The molecule has 1 heterocycles. The molecule has 0 saturated carbocycles. The molecule has 0 bridgehead atoms. The van der Waals surface area contributed by atoms with Crippen molar-refractivity contribution in [1.82, 2.24) is 15.2 Å². The number of rotatable bonds is 7. The maximum atomic E-state index is 9.93. The Bertz CT molecular complexity index is 643. The van der Waals surface area contributed by atoms with Crippen molar-refractivity contribution in [2.75, 3.05) is 27.8 Å². The molecule has 2 rings (SSSR count). The van der Waals surface area contributed by atoms with E-state index in [1.54, 1.807) is 19.2 Å². The second-order valence-electron chi connectivity index (χ2n) is 5.12. The van der Waals surface area contributed by atoms with Crippen LogP contribution in [0.15, 0.2) is 41.7 Å². The molecule has 2 aromatic rings. The van der Waals surface area contributed by atoms with Gasteiger partial charge in [-0.15, -0.1) is 0 Å². The third-order valence-corrected chi connectivity index (χ3v) is 3.55. The summed E-state index contributed by atoms with van der Waals surface area (Å²) in [6, 6.07) is 7.52. The van der Waals surface area contributed by atoms with Crippen LogP contribution in [0.4, 0.5) is 0 Å². The van der Waals surface area contributed by atoms with Crippen molar-refractivity contribution in [2.24, 2.45) is 4.99 Å². The van der Waals surface area contributed by atoms with Gasteiger partial charge in [0.25, 0.3) is 0 Å². The summed E-state index contributed by atoms with van der Waals surface area (Å²) in [4.78, 5) is 4.20. The molecule has 0 radical (unpaired) electrons. The standard InChI is InChI=1S/C17H24N4O3/c1-18-17(19-6-9-21-7-4-5-8-21)20-12-13-10-14(23-2)16(22)15(11-13)24-3/h4-5,7-8,10-11,22H,6,9,12H2,1-3H3,(H2,18,19,20). The zero-order valence-electron chi connectivity index (χ0n) is 14.2. The molecule has 0 aliphatic carbocycles. The van der Waals surface area contributed by atoms with E-state index < -0.39 is 0 Å². The molecule has 0 aliphatic heterocycles. The Balaban J connectivity index is 1.90. The van der Waals surface area contributed by atoms with E-state index in [4.69, 9.17) is 9.47 Å². The van der Waals surface area contributed by atoms with Gasteiger partial charge in [-0.2, -0.15) is 0 Å². The number of aromatic hydroxyl groups is 1. The molecule has 1 aromatic carbocycles. The van der Waals surface area contributed by atoms with Gasteiger partial charge in [0.1, 0.15) is 0 Å². The van der Waals surface area contributed by atoms with Gasteiger partial charge in [-0.1, -0.05) is 0 Å². The van der Waals surface area contributed by atoms with E-state index >= 15 is 0 Å². The van der Waals surface area contributed by atoms with Gasteiger partial charge >= 0.3 is 0 Å². The highest BCUT2D eigenvalue weighted by Gasteiger charge is 2.11. The molecule has 0 saturated heterocycles. The van der Waals surface area contributed by atoms with Crippen LogP contribution in [0.25, 0.3) is 0 Å². The minimum Gasteiger partial charge on any atom is -0.502 e. The average molecular weight is 332 g/mol. The lowest BCUT2D eigenvalue weighted by Crippen LogP contribution is -2.38. The number of guanidine groups is 1. The molecule has 0 atom stereocenters. The van der Waals surface area contributed by atoms with E-state index in [1.807, 2.05) is 24.5 Å². The van der Waals surface area contributed by atoms with Crippen LogP contribution < -0.4 is 20.1 Å². The fraction of sp³-hybridized carbons (Fsp3) is 0.353. The fourth-order valence-electron chi connectivity index (χ4n) is 2.28. The molecular weight excluding hydrogens is 308 g/mol. The van der Waals surface area contributed by atoms with E-state index in [-0.39, 0.29) is 5.75 Å². The van der Waals surface area contributed by atoms with Crippen LogP contribution in [0.3, 0.4) is 0 Å². The number of phenolic OH excluding ortho intramolecular Hbond substituents is 1. The van der Waals surface area contributed by atoms with Crippen molar-refractivity contribution in [2.45, 2.75) is 13.1 Å². The highest BCUT2D eigenvalue weighted by Crippen LogP contribution is 2.36. The number of nitrogens with zero attached hydrogens (tertiary/aromatic N) is 2. The van der Waals surface area contributed by atoms with Crippen molar-refractivity contribution in [1.29, 1.82) is 0 Å². The summed E-state index contributed by atoms with van der Waals surface area (Å²) >= 11 is 0. The number of phenols is 1. The number of benzene rings is 1. The zero-order valence-corrected chi connectivity index (χ0v) is 14.2. The normalized spacial score (nSPS) is 11.2. The Morgan fingerprint density at radius 2 is 1.75 bits per heavy atom. The third-order valence-electron chi connectivity index (χ3n) is 3.55. The summed E-state index contributed by atoms with van der Waals surface area (Å²) in [6.45, 7) is 2.14. The predicted octanol–water partition coefficient (Wildman–Crippen LogP) is 1.58. The van der Waals surface area contributed by atoms with Gasteiger partial charge in [0.15, 0.2) is 17.5 Å². The van der Waals surface area contributed by atoms with Crippen molar-refractivity contribution in [3.8, 4) is 17.2 Å². The van der Waals surface area contributed by atoms with Gasteiger partial charge in [-0.3, -0.25) is 4.99 Å². The first-order valence-corrected chi connectivity index (χ1v) is 7.67. The highest BCUT2D eigenvalue weighted by atomic mass is 16.5. The Labute approximate surface area is 141 Å². The Morgan fingerprint density at radius 3 is 2.29 bits per heavy atom. The van der Waals surface area contributed by atoms with E-state index in [2.05, 4.69) is 20.2 Å². The van der Waals surface area contributed by atoms with Gasteiger partial charge < -0.3 is 29.8 Å². The van der Waals surface area contributed by atoms with Gasteiger partial charge in [0, 0.05) is 39.1 Å². The maximum Gasteiger partial charge on any atom is 0.200 e. The first-order valence-electron chi connectivity index (χ1n) is 7.67.